The van der Waals surface area contributed by atoms with Gasteiger partial charge in [-0.1, -0.05) is 65.8 Å². The largest absolute Gasteiger partial charge is 0.433 e. The van der Waals surface area contributed by atoms with E-state index in [1.165, 1.54) is 56.0 Å². The van der Waals surface area contributed by atoms with Crippen LogP contribution in [-0.4, -0.2) is 0 Å². The van der Waals surface area contributed by atoms with Crippen molar-refractivity contribution in [1.82, 2.24) is 0 Å². The fourth-order valence-electron chi connectivity index (χ4n) is 7.05. The molecular weight excluding hydrogens is 679 g/mol. The molecule has 3 atom stereocenters. The number of aromatic nitrogens is 3. The van der Waals surface area contributed by atoms with Gasteiger partial charge in [-0.3, -0.25) is 0 Å². The molecule has 0 spiro atoms. The Morgan fingerprint density at radius 1 is 0.400 bits per heavy atom. The highest BCUT2D eigenvalue weighted by molar-refractivity contribution is 5.71. The second-order valence-corrected chi connectivity index (χ2v) is 13.0. The number of rotatable bonds is 0. The lowest BCUT2D eigenvalue weighted by molar-refractivity contribution is -0.743. The number of ether oxygens (including phenoxy) is 3. The molecule has 6 aromatic rings. The molecule has 288 valence electrons. The van der Waals surface area contributed by atoms with E-state index >= 15 is 0 Å². The van der Waals surface area contributed by atoms with Gasteiger partial charge in [0.1, 0.15) is 17.2 Å². The van der Waals surface area contributed by atoms with Crippen molar-refractivity contribution in [3.05, 3.63) is 144 Å². The van der Waals surface area contributed by atoms with Crippen molar-refractivity contribution in [2.24, 2.45) is 0 Å². The summed E-state index contributed by atoms with van der Waals surface area (Å²) in [4.78, 5) is 0. The molecule has 3 unspecified atom stereocenters. The average Bonchev–Trinajstić information content (AvgIpc) is 3.21. The van der Waals surface area contributed by atoms with E-state index in [2.05, 4.69) is 154 Å². The molecule has 6 nitrogen and oxygen atoms in total. The van der Waals surface area contributed by atoms with Gasteiger partial charge in [0.05, 0.1) is 16.7 Å². The number of nitrogens with zero attached hydrogens (tertiary/aromatic N) is 3. The van der Waals surface area contributed by atoms with Gasteiger partial charge < -0.3 is 14.2 Å². The molecule has 0 saturated heterocycles. The van der Waals surface area contributed by atoms with Gasteiger partial charge in [0.2, 0.25) is 17.1 Å². The summed E-state index contributed by atoms with van der Waals surface area (Å²) in [5.74, 6) is 2.97. The first-order chi connectivity index (χ1) is 26.7. The van der Waals surface area contributed by atoms with Gasteiger partial charge >= 0.3 is 0 Å². The molecule has 0 aliphatic carbocycles. The zero-order valence-corrected chi connectivity index (χ0v) is 35.3. The van der Waals surface area contributed by atoms with Crippen molar-refractivity contribution in [3.8, 4) is 51.0 Å². The van der Waals surface area contributed by atoms with Crippen LogP contribution < -0.4 is 27.9 Å². The minimum Gasteiger partial charge on any atom is -0.433 e. The predicted octanol–water partition coefficient (Wildman–Crippen LogP) is 12.0. The molecule has 3 aromatic carbocycles. The van der Waals surface area contributed by atoms with Crippen molar-refractivity contribution >= 4 is 0 Å². The predicted molar refractivity (Wildman–Crippen MR) is 225 cm³/mol. The smallest absolute Gasteiger partial charge is 0.299 e. The first kappa shape index (κ1) is 42.3. The molecule has 9 rings (SSSR count). The lowest BCUT2D eigenvalue weighted by atomic mass is 9.99. The Morgan fingerprint density at radius 3 is 1.42 bits per heavy atom. The summed E-state index contributed by atoms with van der Waals surface area (Å²) in [6.07, 6.45) is 6.37. The lowest BCUT2D eigenvalue weighted by Crippen LogP contribution is -2.45. The average molecular weight is 741 g/mol. The van der Waals surface area contributed by atoms with E-state index in [1.807, 2.05) is 71.9 Å². The maximum Gasteiger partial charge on any atom is 0.299 e. The summed E-state index contributed by atoms with van der Waals surface area (Å²) in [5, 5.41) is 0. The molecule has 0 saturated carbocycles. The zero-order chi connectivity index (χ0) is 40.2. The van der Waals surface area contributed by atoms with Crippen molar-refractivity contribution in [3.63, 3.8) is 0 Å². The first-order valence-corrected chi connectivity index (χ1v) is 20.0. The molecule has 0 fully saturated rings. The summed E-state index contributed by atoms with van der Waals surface area (Å²) < 4.78 is 24.3. The van der Waals surface area contributed by atoms with E-state index in [4.69, 9.17) is 14.2 Å². The van der Waals surface area contributed by atoms with Crippen LogP contribution in [0.2, 0.25) is 0 Å². The zero-order valence-electron chi connectivity index (χ0n) is 35.3. The Kier molecular flexibility index (Phi) is 15.2. The molecule has 3 aliphatic heterocycles. The number of fused-ring (bicyclic) bond motifs is 9. The molecule has 0 radical (unpaired) electrons. The molecule has 6 heterocycles. The Morgan fingerprint density at radius 2 is 0.855 bits per heavy atom. The van der Waals surface area contributed by atoms with Crippen LogP contribution in [-0.2, 0) is 0 Å². The third kappa shape index (κ3) is 9.25. The van der Waals surface area contributed by atoms with Crippen LogP contribution in [0.5, 0.6) is 17.2 Å². The summed E-state index contributed by atoms with van der Waals surface area (Å²) >= 11 is 0. The Balaban J connectivity index is 0.000000172. The minimum atomic E-state index is 0.0555. The van der Waals surface area contributed by atoms with Gasteiger partial charge in [-0.25, -0.2) is 0 Å². The van der Waals surface area contributed by atoms with E-state index in [1.54, 1.807) is 0 Å². The third-order valence-corrected chi connectivity index (χ3v) is 9.34. The van der Waals surface area contributed by atoms with Crippen molar-refractivity contribution in [2.75, 3.05) is 0 Å². The normalized spacial score (nSPS) is 15.6. The molecule has 55 heavy (non-hydrogen) atoms. The monoisotopic (exact) mass is 740 g/mol. The van der Waals surface area contributed by atoms with Crippen molar-refractivity contribution in [2.45, 2.75) is 109 Å². The van der Waals surface area contributed by atoms with Gasteiger partial charge in [0, 0.05) is 57.2 Å². The molecule has 6 heteroatoms. The molecular formula is C49H62N3O3+3. The highest BCUT2D eigenvalue weighted by atomic mass is 16.5. The van der Waals surface area contributed by atoms with Gasteiger partial charge in [-0.2, -0.15) is 13.7 Å². The van der Waals surface area contributed by atoms with Crippen molar-refractivity contribution in [1.29, 1.82) is 0 Å². The van der Waals surface area contributed by atoms with Crippen LogP contribution in [0.4, 0.5) is 0 Å². The minimum absolute atomic E-state index is 0.0555. The van der Waals surface area contributed by atoms with E-state index in [-0.39, 0.29) is 18.7 Å². The van der Waals surface area contributed by atoms with E-state index in [9.17, 15) is 0 Å². The molecule has 0 N–H and O–H groups in total. The van der Waals surface area contributed by atoms with E-state index in [0.717, 1.165) is 17.2 Å². The van der Waals surface area contributed by atoms with Crippen molar-refractivity contribution < 1.29 is 27.9 Å². The molecule has 0 bridgehead atoms. The highest BCUT2D eigenvalue weighted by Gasteiger charge is 2.32. The SMILES string of the molecule is CC.CC.CC.Cc1cc(C)c2c(c1)OC(C)[n+]1ccccc1-2.Cc1ccc2c(c1)OC(C)[n+]1ccccc1-2.Cc1cccc2c1-c1cccc[n+]1C(C)O2. The molecule has 0 amide bonds. The Labute approximate surface area is 330 Å². The Bertz CT molecular complexity index is 2170. The number of aryl methyl sites for hydroxylation is 4. The summed E-state index contributed by atoms with van der Waals surface area (Å²) in [6, 6.07) is 35.6. The third-order valence-electron chi connectivity index (χ3n) is 9.34. The second-order valence-electron chi connectivity index (χ2n) is 13.0. The highest BCUT2D eigenvalue weighted by Crippen LogP contribution is 2.38. The van der Waals surface area contributed by atoms with Crippen LogP contribution in [0.3, 0.4) is 0 Å². The summed E-state index contributed by atoms with van der Waals surface area (Å²) in [7, 11) is 0. The standard InChI is InChI=1S/C15H16NO.2C14H14NO.3C2H6/c1-10-8-11(2)15-13-6-4-5-7-16(13)12(3)17-14(15)9-10;1-10-6-5-8-13-14(10)12-7-3-4-9-15(12)11(2)16-13;1-10-6-7-12-13-5-3-4-8-15(13)11(2)16-14(12)9-10;3*1-2/h4-9,12H,1-3H3;2*3-9,11H,1-2H3;3*1-2H3/q3*+1;;;. The fourth-order valence-corrected chi connectivity index (χ4v) is 7.05. The van der Waals surface area contributed by atoms with Gasteiger partial charge in [-0.15, -0.1) is 0 Å². The topological polar surface area (TPSA) is 39.3 Å². The first-order valence-electron chi connectivity index (χ1n) is 20.0. The quantitative estimate of drug-likeness (QED) is 0.146. The van der Waals surface area contributed by atoms with Crippen LogP contribution in [0.1, 0.15) is 103 Å². The van der Waals surface area contributed by atoms with E-state index < -0.39 is 0 Å². The Hall–Kier alpha value is -5.49. The van der Waals surface area contributed by atoms with E-state index in [0.29, 0.717) is 0 Å². The number of benzene rings is 3. The van der Waals surface area contributed by atoms with Gasteiger partial charge in [0.25, 0.3) is 18.7 Å². The maximum atomic E-state index is 5.98. The lowest BCUT2D eigenvalue weighted by Gasteiger charge is -2.22. The molecule has 3 aliphatic rings. The van der Waals surface area contributed by atoms with Crippen LogP contribution >= 0.6 is 0 Å². The summed E-state index contributed by atoms with van der Waals surface area (Å²) in [6.45, 7) is 26.7. The summed E-state index contributed by atoms with van der Waals surface area (Å²) in [5.41, 5.74) is 12.3. The van der Waals surface area contributed by atoms with Gasteiger partial charge in [-0.05, 0) is 92.4 Å². The number of hydrogen-bond acceptors (Lipinski definition) is 3. The molecule has 3 aromatic heterocycles. The number of pyridine rings is 3. The fraction of sp³-hybridized carbons (Fsp3) is 0.327. The van der Waals surface area contributed by atoms with Gasteiger partial charge in [0.15, 0.2) is 18.6 Å². The second kappa shape index (κ2) is 19.7. The van der Waals surface area contributed by atoms with Crippen LogP contribution in [0, 0.1) is 27.7 Å². The number of hydrogen-bond donors (Lipinski definition) is 0. The maximum absolute atomic E-state index is 5.98. The van der Waals surface area contributed by atoms with Crippen LogP contribution in [0.15, 0.2) is 122 Å². The van der Waals surface area contributed by atoms with Crippen LogP contribution in [0.25, 0.3) is 33.8 Å².